The third kappa shape index (κ3) is 3.37. The van der Waals surface area contributed by atoms with Crippen LogP contribution in [0, 0.1) is 0 Å². The molecule has 0 saturated carbocycles. The zero-order valence-corrected chi connectivity index (χ0v) is 24.9. The Morgan fingerprint density at radius 2 is 0.957 bits per heavy atom. The number of hydrogen-bond acceptors (Lipinski definition) is 3. The topological polar surface area (TPSA) is 21.7 Å². The van der Waals surface area contributed by atoms with Gasteiger partial charge in [-0.1, -0.05) is 121 Å². The molecule has 7 aromatic carbocycles. The number of benzene rings is 7. The van der Waals surface area contributed by atoms with Crippen LogP contribution < -0.4 is 14.4 Å². The average Bonchev–Trinajstić information content (AvgIpc) is 3.42. The van der Waals surface area contributed by atoms with Gasteiger partial charge in [-0.25, -0.2) is 0 Å². The maximum absolute atomic E-state index is 6.60. The number of para-hydroxylation sites is 3. The fraction of sp³-hybridized carbons (Fsp3) is 0.0233. The summed E-state index contributed by atoms with van der Waals surface area (Å²) in [5, 5.41) is 0. The predicted octanol–water partition coefficient (Wildman–Crippen LogP) is 11.4. The van der Waals surface area contributed by atoms with Gasteiger partial charge in [0, 0.05) is 0 Å². The zero-order chi connectivity index (χ0) is 30.2. The van der Waals surface area contributed by atoms with Gasteiger partial charge in [0.25, 0.3) is 0 Å². The van der Waals surface area contributed by atoms with E-state index in [2.05, 4.69) is 132 Å². The highest BCUT2D eigenvalue weighted by molar-refractivity contribution is 5.95. The second-order valence-electron chi connectivity index (χ2n) is 12.1. The molecule has 0 aromatic heterocycles. The Hall–Kier alpha value is -6.06. The Morgan fingerprint density at radius 3 is 1.74 bits per heavy atom. The number of rotatable bonds is 3. The molecule has 3 heteroatoms. The van der Waals surface area contributed by atoms with E-state index in [9.17, 15) is 0 Å². The van der Waals surface area contributed by atoms with Gasteiger partial charge in [0.05, 0.1) is 16.8 Å². The lowest BCUT2D eigenvalue weighted by molar-refractivity contribution is 0.446. The molecule has 2 aliphatic heterocycles. The third-order valence-corrected chi connectivity index (χ3v) is 9.72. The van der Waals surface area contributed by atoms with Crippen molar-refractivity contribution in [1.29, 1.82) is 0 Å². The lowest BCUT2D eigenvalue weighted by Gasteiger charge is -2.37. The van der Waals surface area contributed by atoms with Crippen LogP contribution in [0.5, 0.6) is 23.0 Å². The number of nitrogens with zero attached hydrogens (tertiary/aromatic N) is 1. The number of fused-ring (bicyclic) bond motifs is 7. The summed E-state index contributed by atoms with van der Waals surface area (Å²) in [7, 11) is 0. The lowest BCUT2D eigenvalue weighted by Crippen LogP contribution is -2.28. The Labute approximate surface area is 267 Å². The molecule has 3 nitrogen and oxygen atoms in total. The second kappa shape index (κ2) is 9.47. The molecule has 0 bridgehead atoms. The van der Waals surface area contributed by atoms with Crippen LogP contribution in [0.2, 0.25) is 0 Å². The molecule has 10 rings (SSSR count). The lowest BCUT2D eigenvalue weighted by atomic mass is 9.67. The van der Waals surface area contributed by atoms with Crippen LogP contribution in [0.3, 0.4) is 0 Å². The summed E-state index contributed by atoms with van der Waals surface area (Å²) in [4.78, 5) is 2.27. The standard InChI is InChI=1S/C43H27NO2/c1-3-12-30(13-4-1)43(31-14-5-2-6-15-31)34-17-8-7-16-32(34)33-24-22-28(26-35(33)43)29-23-25-37-41(27-29)46-40-21-11-20-39-42(40)44(37)36-18-9-10-19-38(36)45-39/h1-27H. The van der Waals surface area contributed by atoms with E-state index in [4.69, 9.17) is 9.47 Å². The minimum atomic E-state index is -0.442. The minimum Gasteiger partial charge on any atom is -0.453 e. The normalized spacial score (nSPS) is 14.1. The molecule has 0 radical (unpaired) electrons. The third-order valence-electron chi connectivity index (χ3n) is 9.72. The Balaban J connectivity index is 1.17. The molecule has 46 heavy (non-hydrogen) atoms. The fourth-order valence-electron chi connectivity index (χ4n) is 7.81. The van der Waals surface area contributed by atoms with Gasteiger partial charge in [-0.15, -0.1) is 0 Å². The van der Waals surface area contributed by atoms with E-state index in [1.165, 1.54) is 33.4 Å². The molecule has 0 atom stereocenters. The Bertz CT molecular complexity index is 2290. The van der Waals surface area contributed by atoms with Crippen molar-refractivity contribution in [3.8, 4) is 45.3 Å². The van der Waals surface area contributed by atoms with E-state index < -0.39 is 5.41 Å². The minimum absolute atomic E-state index is 0.442. The summed E-state index contributed by atoms with van der Waals surface area (Å²) in [6.07, 6.45) is 0. The van der Waals surface area contributed by atoms with Crippen molar-refractivity contribution in [3.63, 3.8) is 0 Å². The van der Waals surface area contributed by atoms with Crippen molar-refractivity contribution in [2.75, 3.05) is 4.90 Å². The van der Waals surface area contributed by atoms with Crippen molar-refractivity contribution in [1.82, 2.24) is 0 Å². The zero-order valence-electron chi connectivity index (χ0n) is 24.9. The molecule has 0 unspecified atom stereocenters. The summed E-state index contributed by atoms with van der Waals surface area (Å²) in [5.74, 6) is 3.23. The smallest absolute Gasteiger partial charge is 0.155 e. The highest BCUT2D eigenvalue weighted by Crippen LogP contribution is 2.60. The molecule has 0 spiro atoms. The van der Waals surface area contributed by atoms with Gasteiger partial charge in [-0.2, -0.15) is 0 Å². The number of anilines is 3. The van der Waals surface area contributed by atoms with Crippen LogP contribution in [0.4, 0.5) is 17.1 Å². The van der Waals surface area contributed by atoms with Crippen LogP contribution in [0.15, 0.2) is 164 Å². The van der Waals surface area contributed by atoms with Gasteiger partial charge in [0.2, 0.25) is 0 Å². The molecular formula is C43H27NO2. The summed E-state index contributed by atoms with van der Waals surface area (Å²) in [6, 6.07) is 58.4. The largest absolute Gasteiger partial charge is 0.453 e. The molecule has 0 amide bonds. The quantitative estimate of drug-likeness (QED) is 0.205. The van der Waals surface area contributed by atoms with E-state index in [0.717, 1.165) is 51.2 Å². The van der Waals surface area contributed by atoms with Crippen molar-refractivity contribution in [2.24, 2.45) is 0 Å². The highest BCUT2D eigenvalue weighted by Gasteiger charge is 2.46. The number of ether oxygens (including phenoxy) is 2. The Morgan fingerprint density at radius 1 is 0.391 bits per heavy atom. The first-order chi connectivity index (χ1) is 22.8. The first-order valence-electron chi connectivity index (χ1n) is 15.7. The predicted molar refractivity (Wildman–Crippen MR) is 184 cm³/mol. The van der Waals surface area contributed by atoms with Crippen LogP contribution >= 0.6 is 0 Å². The highest BCUT2D eigenvalue weighted by atomic mass is 16.5. The average molecular weight is 590 g/mol. The molecule has 0 saturated heterocycles. The van der Waals surface area contributed by atoms with Gasteiger partial charge >= 0.3 is 0 Å². The summed E-state index contributed by atoms with van der Waals surface area (Å²) < 4.78 is 12.9. The van der Waals surface area contributed by atoms with Crippen molar-refractivity contribution < 1.29 is 9.47 Å². The molecule has 2 heterocycles. The number of hydrogen-bond donors (Lipinski definition) is 0. The molecule has 216 valence electrons. The maximum atomic E-state index is 6.60. The second-order valence-corrected chi connectivity index (χ2v) is 12.1. The van der Waals surface area contributed by atoms with Gasteiger partial charge in [-0.3, -0.25) is 4.90 Å². The first-order valence-corrected chi connectivity index (χ1v) is 15.7. The van der Waals surface area contributed by atoms with Gasteiger partial charge in [0.15, 0.2) is 23.0 Å². The van der Waals surface area contributed by atoms with Crippen LogP contribution in [0.1, 0.15) is 22.3 Å². The van der Waals surface area contributed by atoms with Crippen LogP contribution in [-0.4, -0.2) is 0 Å². The van der Waals surface area contributed by atoms with Gasteiger partial charge in [-0.05, 0) is 87.0 Å². The van der Waals surface area contributed by atoms with Crippen molar-refractivity contribution >= 4 is 17.1 Å². The molecule has 0 fully saturated rings. The summed E-state index contributed by atoms with van der Waals surface area (Å²) in [5.41, 5.74) is 12.4. The maximum Gasteiger partial charge on any atom is 0.155 e. The molecule has 3 aliphatic rings. The fourth-order valence-corrected chi connectivity index (χ4v) is 7.81. The van der Waals surface area contributed by atoms with E-state index in [1.54, 1.807) is 0 Å². The van der Waals surface area contributed by atoms with E-state index in [-0.39, 0.29) is 0 Å². The van der Waals surface area contributed by atoms with Crippen LogP contribution in [0.25, 0.3) is 22.3 Å². The van der Waals surface area contributed by atoms with E-state index in [1.807, 2.05) is 36.4 Å². The molecule has 1 aliphatic carbocycles. The van der Waals surface area contributed by atoms with E-state index in [0.29, 0.717) is 0 Å². The molecular weight excluding hydrogens is 562 g/mol. The monoisotopic (exact) mass is 589 g/mol. The van der Waals surface area contributed by atoms with Crippen LogP contribution in [-0.2, 0) is 5.41 Å². The SMILES string of the molecule is c1ccc(C2(c3ccccc3)c3ccccc3-c3ccc(-c4ccc5c(c4)Oc4cccc6c4N5c4ccccc4O6)cc32)cc1. The molecule has 0 N–H and O–H groups in total. The Kier molecular flexibility index (Phi) is 5.20. The van der Waals surface area contributed by atoms with Crippen molar-refractivity contribution in [2.45, 2.75) is 5.41 Å². The first kappa shape index (κ1) is 25.3. The van der Waals surface area contributed by atoms with Crippen molar-refractivity contribution in [3.05, 3.63) is 186 Å². The summed E-state index contributed by atoms with van der Waals surface area (Å²) >= 11 is 0. The van der Waals surface area contributed by atoms with E-state index >= 15 is 0 Å². The van der Waals surface area contributed by atoms with Gasteiger partial charge < -0.3 is 9.47 Å². The molecule has 7 aromatic rings. The summed E-state index contributed by atoms with van der Waals surface area (Å²) in [6.45, 7) is 0. The van der Waals surface area contributed by atoms with Gasteiger partial charge in [0.1, 0.15) is 5.69 Å².